The van der Waals surface area contributed by atoms with Crippen molar-refractivity contribution >= 4 is 35.3 Å². The van der Waals surface area contributed by atoms with E-state index in [0.29, 0.717) is 5.16 Å². The third kappa shape index (κ3) is 5.40. The zero-order chi connectivity index (χ0) is 16.7. The maximum atomic E-state index is 12.0. The van der Waals surface area contributed by atoms with Crippen molar-refractivity contribution < 1.29 is 14.3 Å². The summed E-state index contributed by atoms with van der Waals surface area (Å²) in [6, 6.07) is 0.760. The van der Waals surface area contributed by atoms with Crippen molar-refractivity contribution in [3.63, 3.8) is 0 Å². The van der Waals surface area contributed by atoms with Crippen LogP contribution in [-0.4, -0.2) is 40.7 Å². The number of ether oxygens (including phenoxy) is 1. The van der Waals surface area contributed by atoms with E-state index in [9.17, 15) is 9.59 Å². The molecule has 1 amide bonds. The van der Waals surface area contributed by atoms with Crippen molar-refractivity contribution in [2.45, 2.75) is 31.5 Å². The molecule has 1 aromatic rings. The second-order valence-corrected chi connectivity index (χ2v) is 5.69. The van der Waals surface area contributed by atoms with Crippen molar-refractivity contribution in [1.82, 2.24) is 15.3 Å². The van der Waals surface area contributed by atoms with Gasteiger partial charge < -0.3 is 21.5 Å². The zero-order valence-corrected chi connectivity index (χ0v) is 13.6. The van der Waals surface area contributed by atoms with Gasteiger partial charge in [-0.1, -0.05) is 32.0 Å². The largest absolute Gasteiger partial charge is 0.467 e. The number of hydrogen-bond acceptors (Lipinski definition) is 8. The topological polar surface area (TPSA) is 133 Å². The van der Waals surface area contributed by atoms with E-state index in [1.165, 1.54) is 13.2 Å². The first-order valence-corrected chi connectivity index (χ1v) is 7.76. The maximum Gasteiger partial charge on any atom is 0.328 e. The van der Waals surface area contributed by atoms with E-state index >= 15 is 0 Å². The third-order valence-electron chi connectivity index (χ3n) is 3.06. The lowest BCUT2D eigenvalue weighted by Crippen LogP contribution is -2.46. The van der Waals surface area contributed by atoms with Crippen LogP contribution in [0.25, 0.3) is 0 Å². The quantitative estimate of drug-likeness (QED) is 0.373. The Morgan fingerprint density at radius 3 is 2.45 bits per heavy atom. The number of nitrogens with two attached hydrogens (primary N) is 2. The average Bonchev–Trinajstić information content (AvgIpc) is 2.48. The fourth-order valence-electron chi connectivity index (χ4n) is 1.67. The van der Waals surface area contributed by atoms with Crippen LogP contribution in [0.1, 0.15) is 20.3 Å². The minimum absolute atomic E-state index is 0.0272. The molecule has 9 heteroatoms. The Bertz CT molecular complexity index is 520. The summed E-state index contributed by atoms with van der Waals surface area (Å²) in [5.74, 6) is -0.277. The lowest BCUT2D eigenvalue weighted by atomic mass is 9.99. The van der Waals surface area contributed by atoms with Gasteiger partial charge in [-0.3, -0.25) is 4.79 Å². The summed E-state index contributed by atoms with van der Waals surface area (Å²) in [5.41, 5.74) is 11.1. The van der Waals surface area contributed by atoms with Gasteiger partial charge in [0.15, 0.2) is 5.16 Å². The SMILES string of the molecule is CC[C@@H](C)[C@H](NC(=O)CSc1nc(N)cc(N)n1)C(=O)OC. The van der Waals surface area contributed by atoms with Gasteiger partial charge in [-0.15, -0.1) is 0 Å². The minimum atomic E-state index is -0.671. The van der Waals surface area contributed by atoms with Gasteiger partial charge in [0.2, 0.25) is 5.91 Å². The molecule has 8 nitrogen and oxygen atoms in total. The third-order valence-corrected chi connectivity index (χ3v) is 3.91. The Morgan fingerprint density at radius 2 is 1.95 bits per heavy atom. The Kier molecular flexibility index (Phi) is 6.90. The minimum Gasteiger partial charge on any atom is -0.467 e. The Hall–Kier alpha value is -2.03. The molecule has 0 aliphatic rings. The first-order valence-electron chi connectivity index (χ1n) is 6.77. The van der Waals surface area contributed by atoms with Crippen LogP contribution < -0.4 is 16.8 Å². The lowest BCUT2D eigenvalue weighted by molar-refractivity contribution is -0.146. The maximum absolute atomic E-state index is 12.0. The molecule has 0 fully saturated rings. The molecule has 1 rings (SSSR count). The number of nitrogen functional groups attached to an aromatic ring is 2. The van der Waals surface area contributed by atoms with E-state index in [4.69, 9.17) is 16.2 Å². The molecule has 0 saturated heterocycles. The predicted molar refractivity (Wildman–Crippen MR) is 85.0 cm³/mol. The number of nitrogens with zero attached hydrogens (tertiary/aromatic N) is 2. The second-order valence-electron chi connectivity index (χ2n) is 4.74. The second kappa shape index (κ2) is 8.42. The monoisotopic (exact) mass is 327 g/mol. The first kappa shape index (κ1) is 18.0. The highest BCUT2D eigenvalue weighted by Crippen LogP contribution is 2.16. The van der Waals surface area contributed by atoms with Gasteiger partial charge in [-0.05, 0) is 5.92 Å². The van der Waals surface area contributed by atoms with E-state index < -0.39 is 12.0 Å². The number of carbonyl (C=O) groups excluding carboxylic acids is 2. The molecule has 122 valence electrons. The number of anilines is 2. The number of rotatable bonds is 7. The molecule has 0 saturated carbocycles. The smallest absolute Gasteiger partial charge is 0.328 e. The van der Waals surface area contributed by atoms with Crippen LogP contribution in [0.15, 0.2) is 11.2 Å². The van der Waals surface area contributed by atoms with Crippen LogP contribution in [0.4, 0.5) is 11.6 Å². The highest BCUT2D eigenvalue weighted by Gasteiger charge is 2.26. The summed E-state index contributed by atoms with van der Waals surface area (Å²) >= 11 is 1.09. The first-order chi connectivity index (χ1) is 10.4. The van der Waals surface area contributed by atoms with E-state index in [1.54, 1.807) is 0 Å². The molecule has 0 radical (unpaired) electrons. The molecule has 1 heterocycles. The van der Waals surface area contributed by atoms with Crippen LogP contribution in [0, 0.1) is 5.92 Å². The standard InChI is InChI=1S/C13H21N5O3S/c1-4-7(2)11(12(20)21-3)18-10(19)6-22-13-16-8(14)5-9(15)17-13/h5,7,11H,4,6H2,1-3H3,(H,18,19)(H4,14,15,16,17)/t7-,11+/m1/s1. The lowest BCUT2D eigenvalue weighted by Gasteiger charge is -2.21. The molecule has 0 aromatic carbocycles. The fourth-order valence-corrected chi connectivity index (χ4v) is 2.35. The van der Waals surface area contributed by atoms with Crippen LogP contribution in [0.3, 0.4) is 0 Å². The van der Waals surface area contributed by atoms with E-state index in [2.05, 4.69) is 15.3 Å². The summed E-state index contributed by atoms with van der Waals surface area (Å²) in [4.78, 5) is 31.6. The van der Waals surface area contributed by atoms with Crippen molar-refractivity contribution in [1.29, 1.82) is 0 Å². The molecule has 0 aliphatic heterocycles. The number of methoxy groups -OCH3 is 1. The van der Waals surface area contributed by atoms with E-state index in [0.717, 1.165) is 18.2 Å². The molecule has 5 N–H and O–H groups in total. The van der Waals surface area contributed by atoms with Crippen molar-refractivity contribution in [2.75, 3.05) is 24.3 Å². The molecular weight excluding hydrogens is 306 g/mol. The van der Waals surface area contributed by atoms with Gasteiger partial charge in [0.25, 0.3) is 0 Å². The average molecular weight is 327 g/mol. The summed E-state index contributed by atoms with van der Waals surface area (Å²) in [6.07, 6.45) is 0.738. The number of hydrogen-bond donors (Lipinski definition) is 3. The molecule has 0 aliphatic carbocycles. The number of carbonyl (C=O) groups is 2. The Balaban J connectivity index is 2.62. The van der Waals surface area contributed by atoms with Crippen molar-refractivity contribution in [3.8, 4) is 0 Å². The van der Waals surface area contributed by atoms with Crippen LogP contribution in [0.2, 0.25) is 0 Å². The molecule has 0 spiro atoms. The Morgan fingerprint density at radius 1 is 1.36 bits per heavy atom. The summed E-state index contributed by atoms with van der Waals surface area (Å²) < 4.78 is 4.71. The van der Waals surface area contributed by atoms with Gasteiger partial charge in [-0.25, -0.2) is 14.8 Å². The predicted octanol–water partition coefficient (Wildman–Crippen LogP) is 0.437. The van der Waals surface area contributed by atoms with Gasteiger partial charge in [0, 0.05) is 6.07 Å². The number of esters is 1. The summed E-state index contributed by atoms with van der Waals surface area (Å²) in [7, 11) is 1.29. The van der Waals surface area contributed by atoms with Gasteiger partial charge >= 0.3 is 5.97 Å². The summed E-state index contributed by atoms with van der Waals surface area (Å²) in [6.45, 7) is 3.81. The van der Waals surface area contributed by atoms with Gasteiger partial charge in [-0.2, -0.15) is 0 Å². The number of amides is 1. The molecular formula is C13H21N5O3S. The van der Waals surface area contributed by atoms with Gasteiger partial charge in [0.05, 0.1) is 12.9 Å². The van der Waals surface area contributed by atoms with Crippen LogP contribution in [0.5, 0.6) is 0 Å². The normalized spacial score (nSPS) is 13.2. The highest BCUT2D eigenvalue weighted by atomic mass is 32.2. The van der Waals surface area contributed by atoms with Crippen LogP contribution in [-0.2, 0) is 14.3 Å². The van der Waals surface area contributed by atoms with Gasteiger partial charge in [0.1, 0.15) is 17.7 Å². The summed E-state index contributed by atoms with van der Waals surface area (Å²) in [5, 5.41) is 2.98. The molecule has 0 bridgehead atoms. The number of aromatic nitrogens is 2. The number of thioether (sulfide) groups is 1. The molecule has 22 heavy (non-hydrogen) atoms. The fraction of sp³-hybridized carbons (Fsp3) is 0.538. The molecule has 0 unspecified atom stereocenters. The Labute approximate surface area is 133 Å². The van der Waals surface area contributed by atoms with Crippen molar-refractivity contribution in [2.24, 2.45) is 5.92 Å². The van der Waals surface area contributed by atoms with E-state index in [-0.39, 0.29) is 29.2 Å². The van der Waals surface area contributed by atoms with E-state index in [1.807, 2.05) is 13.8 Å². The number of nitrogens with one attached hydrogen (secondary N) is 1. The van der Waals surface area contributed by atoms with Crippen molar-refractivity contribution in [3.05, 3.63) is 6.07 Å². The highest BCUT2D eigenvalue weighted by molar-refractivity contribution is 7.99. The molecule has 1 aromatic heterocycles. The zero-order valence-electron chi connectivity index (χ0n) is 12.8. The molecule has 2 atom stereocenters. The van der Waals surface area contributed by atoms with Crippen LogP contribution >= 0.6 is 11.8 Å².